The molecule has 0 aliphatic heterocycles. The number of aryl methyl sites for hydroxylation is 2. The minimum absolute atomic E-state index is 0.101. The fourth-order valence-electron chi connectivity index (χ4n) is 2.10. The van der Waals surface area contributed by atoms with Crippen LogP contribution in [0, 0.1) is 6.92 Å². The van der Waals surface area contributed by atoms with Crippen molar-refractivity contribution in [3.63, 3.8) is 0 Å². The molecule has 1 aromatic rings. The van der Waals surface area contributed by atoms with E-state index in [1.165, 1.54) is 16.7 Å². The molecule has 0 saturated carbocycles. The van der Waals surface area contributed by atoms with Gasteiger partial charge >= 0.3 is 0 Å². The molecular formula is C17H28N2. The maximum absolute atomic E-state index is 4.56. The zero-order valence-electron chi connectivity index (χ0n) is 13.5. The summed E-state index contributed by atoms with van der Waals surface area (Å²) in [5, 5.41) is 9.00. The van der Waals surface area contributed by atoms with Gasteiger partial charge in [0.05, 0.1) is 11.1 Å². The zero-order valence-corrected chi connectivity index (χ0v) is 13.5. The lowest BCUT2D eigenvalue weighted by Crippen LogP contribution is -2.23. The molecule has 1 rings (SSSR count). The van der Waals surface area contributed by atoms with Gasteiger partial charge in [-0.15, -0.1) is 0 Å². The molecule has 19 heavy (non-hydrogen) atoms. The SMILES string of the molecule is CCc1cccc(C)c1CC(C)(C)N=NC(C)(C)C. The molecule has 0 unspecified atom stereocenters. The first-order valence-electron chi connectivity index (χ1n) is 7.16. The molecule has 2 heteroatoms. The highest BCUT2D eigenvalue weighted by atomic mass is 15.2. The largest absolute Gasteiger partial charge is 0.188 e. The molecule has 0 bridgehead atoms. The van der Waals surface area contributed by atoms with E-state index >= 15 is 0 Å². The van der Waals surface area contributed by atoms with E-state index < -0.39 is 0 Å². The standard InChI is InChI=1S/C17H28N2/c1-8-14-11-9-10-13(2)15(14)12-17(6,7)19-18-16(3,4)5/h9-11H,8,12H2,1-7H3. The lowest BCUT2D eigenvalue weighted by molar-refractivity contribution is 0.435. The Balaban J connectivity index is 2.98. The van der Waals surface area contributed by atoms with Gasteiger partial charge < -0.3 is 0 Å². The molecular weight excluding hydrogens is 232 g/mol. The predicted molar refractivity (Wildman–Crippen MR) is 82.9 cm³/mol. The summed E-state index contributed by atoms with van der Waals surface area (Å²) in [7, 11) is 0. The lowest BCUT2D eigenvalue weighted by atomic mass is 9.89. The first kappa shape index (κ1) is 15.9. The lowest BCUT2D eigenvalue weighted by Gasteiger charge is -2.23. The van der Waals surface area contributed by atoms with E-state index in [2.05, 4.69) is 76.9 Å². The van der Waals surface area contributed by atoms with Crippen LogP contribution in [0.4, 0.5) is 0 Å². The van der Waals surface area contributed by atoms with Crippen molar-refractivity contribution in [1.82, 2.24) is 0 Å². The smallest absolute Gasteiger partial charge is 0.0800 e. The van der Waals surface area contributed by atoms with Crippen LogP contribution in [0.3, 0.4) is 0 Å². The molecule has 0 radical (unpaired) electrons. The number of hydrogen-bond acceptors (Lipinski definition) is 2. The third-order valence-electron chi connectivity index (χ3n) is 3.12. The van der Waals surface area contributed by atoms with Crippen LogP contribution in [-0.2, 0) is 12.8 Å². The van der Waals surface area contributed by atoms with Gasteiger partial charge in [-0.3, -0.25) is 0 Å². The van der Waals surface area contributed by atoms with Crippen molar-refractivity contribution in [3.8, 4) is 0 Å². The van der Waals surface area contributed by atoms with Crippen molar-refractivity contribution >= 4 is 0 Å². The normalized spacial score (nSPS) is 13.2. The number of benzene rings is 1. The van der Waals surface area contributed by atoms with Crippen LogP contribution in [0.2, 0.25) is 0 Å². The van der Waals surface area contributed by atoms with E-state index in [4.69, 9.17) is 0 Å². The predicted octanol–water partition coefficient (Wildman–Crippen LogP) is 5.13. The fourth-order valence-corrected chi connectivity index (χ4v) is 2.10. The van der Waals surface area contributed by atoms with Gasteiger partial charge in [0.25, 0.3) is 0 Å². The van der Waals surface area contributed by atoms with Gasteiger partial charge in [0.15, 0.2) is 0 Å². The van der Waals surface area contributed by atoms with E-state index in [0.29, 0.717) is 0 Å². The van der Waals surface area contributed by atoms with Gasteiger partial charge in [-0.2, -0.15) is 10.2 Å². The first-order valence-corrected chi connectivity index (χ1v) is 7.16. The van der Waals surface area contributed by atoms with Crippen LogP contribution in [0.5, 0.6) is 0 Å². The van der Waals surface area contributed by atoms with Crippen molar-refractivity contribution in [3.05, 3.63) is 34.9 Å². The minimum Gasteiger partial charge on any atom is -0.188 e. The molecule has 0 atom stereocenters. The van der Waals surface area contributed by atoms with Crippen LogP contribution in [0.15, 0.2) is 28.4 Å². The number of azo groups is 1. The van der Waals surface area contributed by atoms with Crippen LogP contribution < -0.4 is 0 Å². The Labute approximate surface area is 118 Å². The van der Waals surface area contributed by atoms with Crippen LogP contribution in [0.1, 0.15) is 58.2 Å². The molecule has 106 valence electrons. The molecule has 0 saturated heterocycles. The van der Waals surface area contributed by atoms with Crippen LogP contribution in [-0.4, -0.2) is 11.1 Å². The zero-order chi connectivity index (χ0) is 14.7. The average molecular weight is 260 g/mol. The molecule has 0 aliphatic carbocycles. The van der Waals surface area contributed by atoms with Gasteiger partial charge in [0, 0.05) is 0 Å². The monoisotopic (exact) mass is 260 g/mol. The second-order valence-electron chi connectivity index (χ2n) is 6.93. The summed E-state index contributed by atoms with van der Waals surface area (Å²) in [6.07, 6.45) is 2.02. The Morgan fingerprint density at radius 1 is 1.00 bits per heavy atom. The summed E-state index contributed by atoms with van der Waals surface area (Å²) in [4.78, 5) is 0. The summed E-state index contributed by atoms with van der Waals surface area (Å²) in [5.41, 5.74) is 3.97. The Morgan fingerprint density at radius 3 is 2.16 bits per heavy atom. The van der Waals surface area contributed by atoms with Gasteiger partial charge in [-0.1, -0.05) is 25.1 Å². The Hall–Kier alpha value is -1.18. The Kier molecular flexibility index (Phi) is 4.89. The van der Waals surface area contributed by atoms with E-state index in [1.54, 1.807) is 0 Å². The fraction of sp³-hybridized carbons (Fsp3) is 0.647. The molecule has 0 aliphatic rings. The molecule has 0 aromatic heterocycles. The third-order valence-corrected chi connectivity index (χ3v) is 3.12. The number of hydrogen-bond donors (Lipinski definition) is 0. The van der Waals surface area contributed by atoms with Gasteiger partial charge in [-0.25, -0.2) is 0 Å². The van der Waals surface area contributed by atoms with E-state index in [1.807, 2.05) is 0 Å². The summed E-state index contributed by atoms with van der Waals surface area (Å²) in [6.45, 7) is 15.0. The van der Waals surface area contributed by atoms with Crippen molar-refractivity contribution in [1.29, 1.82) is 0 Å². The molecule has 0 N–H and O–H groups in total. The van der Waals surface area contributed by atoms with Crippen LogP contribution in [0.25, 0.3) is 0 Å². The minimum atomic E-state index is -0.149. The third kappa shape index (κ3) is 5.14. The van der Waals surface area contributed by atoms with Gasteiger partial charge in [0.2, 0.25) is 0 Å². The van der Waals surface area contributed by atoms with Crippen molar-refractivity contribution < 1.29 is 0 Å². The van der Waals surface area contributed by atoms with Crippen molar-refractivity contribution in [2.45, 2.75) is 72.4 Å². The van der Waals surface area contributed by atoms with Gasteiger partial charge in [0.1, 0.15) is 0 Å². The van der Waals surface area contributed by atoms with E-state index in [9.17, 15) is 0 Å². The van der Waals surface area contributed by atoms with Crippen molar-refractivity contribution in [2.24, 2.45) is 10.2 Å². The van der Waals surface area contributed by atoms with E-state index in [-0.39, 0.29) is 11.1 Å². The average Bonchev–Trinajstić information content (AvgIpc) is 2.28. The maximum atomic E-state index is 4.56. The molecule has 0 heterocycles. The van der Waals surface area contributed by atoms with E-state index in [0.717, 1.165) is 12.8 Å². The number of nitrogens with zero attached hydrogens (tertiary/aromatic N) is 2. The number of rotatable bonds is 4. The second-order valence-corrected chi connectivity index (χ2v) is 6.93. The molecule has 0 amide bonds. The molecule has 0 spiro atoms. The topological polar surface area (TPSA) is 24.7 Å². The Morgan fingerprint density at radius 2 is 1.63 bits per heavy atom. The molecule has 1 aromatic carbocycles. The summed E-state index contributed by atoms with van der Waals surface area (Å²) < 4.78 is 0. The Bertz CT molecular complexity index is 451. The van der Waals surface area contributed by atoms with Gasteiger partial charge in [-0.05, 0) is 71.1 Å². The maximum Gasteiger partial charge on any atom is 0.0800 e. The highest BCUT2D eigenvalue weighted by molar-refractivity contribution is 5.35. The molecule has 0 fully saturated rings. The highest BCUT2D eigenvalue weighted by Crippen LogP contribution is 2.25. The van der Waals surface area contributed by atoms with Crippen molar-refractivity contribution in [2.75, 3.05) is 0 Å². The second kappa shape index (κ2) is 5.85. The van der Waals surface area contributed by atoms with Crippen LogP contribution >= 0.6 is 0 Å². The first-order chi connectivity index (χ1) is 8.64. The quantitative estimate of drug-likeness (QED) is 0.670. The highest BCUT2D eigenvalue weighted by Gasteiger charge is 2.21. The molecule has 2 nitrogen and oxygen atoms in total. The summed E-state index contributed by atoms with van der Waals surface area (Å²) >= 11 is 0. The summed E-state index contributed by atoms with van der Waals surface area (Å²) in [5.74, 6) is 0. The summed E-state index contributed by atoms with van der Waals surface area (Å²) in [6, 6.07) is 6.55.